The number of carbonyl (C=O) groups excluding carboxylic acids is 3. The fourth-order valence-electron chi connectivity index (χ4n) is 3.28. The molecule has 32 heavy (non-hydrogen) atoms. The van der Waals surface area contributed by atoms with Gasteiger partial charge in [0.1, 0.15) is 18.3 Å². The maximum Gasteiger partial charge on any atom is 0.318 e. The van der Waals surface area contributed by atoms with E-state index in [1.165, 1.54) is 9.80 Å². The van der Waals surface area contributed by atoms with Crippen molar-refractivity contribution in [3.8, 4) is 5.75 Å². The summed E-state index contributed by atoms with van der Waals surface area (Å²) in [6, 6.07) is 13.3. The van der Waals surface area contributed by atoms with Gasteiger partial charge in [-0.25, -0.2) is 14.8 Å². The van der Waals surface area contributed by atoms with Crippen LogP contribution >= 0.6 is 10.0 Å². The molecule has 1 atom stereocenters. The van der Waals surface area contributed by atoms with E-state index < -0.39 is 22.1 Å². The average Bonchev–Trinajstić information content (AvgIpc) is 2.77. The zero-order chi connectivity index (χ0) is 23.3. The molecule has 1 fully saturated rings. The minimum Gasteiger partial charge on any atom is -0.497 e. The molecule has 0 radical (unpaired) electrons. The standard InChI is InChI=1S/C23H30N4O4S/c1-31-18-9-5-16(6-10-18)21(26-23(30)27-14-13-24-20(28)15-27)22(29)25-17-7-11-19(12-8-17)32(2,3)4/h5-12,21H,13-15H2,1-4H3,(H,24,28)(H,25,29)(H,26,30). The van der Waals surface area contributed by atoms with Gasteiger partial charge in [-0.1, -0.05) is 12.1 Å². The number of piperazine rings is 1. The SMILES string of the molecule is COc1ccc(C(NC(=O)N2CCNC(=O)C2)C(=O)Nc2ccc(S(C)(C)C)cc2)cc1. The summed E-state index contributed by atoms with van der Waals surface area (Å²) in [6.07, 6.45) is 6.62. The third-order valence-corrected chi connectivity index (χ3v) is 6.82. The van der Waals surface area contributed by atoms with Crippen LogP contribution in [0.15, 0.2) is 53.4 Å². The number of ether oxygens (including phenoxy) is 1. The quantitative estimate of drug-likeness (QED) is 0.619. The molecule has 8 nitrogen and oxygen atoms in total. The maximum absolute atomic E-state index is 13.2. The van der Waals surface area contributed by atoms with E-state index in [9.17, 15) is 14.4 Å². The Hall–Kier alpha value is -3.20. The smallest absolute Gasteiger partial charge is 0.318 e. The van der Waals surface area contributed by atoms with E-state index in [0.29, 0.717) is 30.1 Å². The Bertz CT molecular complexity index is 971. The van der Waals surface area contributed by atoms with Gasteiger partial charge in [0.25, 0.3) is 5.91 Å². The Morgan fingerprint density at radius 3 is 2.28 bits per heavy atom. The molecule has 0 spiro atoms. The van der Waals surface area contributed by atoms with Crippen LogP contribution in [0, 0.1) is 0 Å². The molecule has 3 N–H and O–H groups in total. The van der Waals surface area contributed by atoms with Crippen molar-refractivity contribution in [2.75, 3.05) is 50.8 Å². The first-order valence-electron chi connectivity index (χ1n) is 10.2. The molecular formula is C23H30N4O4S. The molecule has 3 rings (SSSR count). The van der Waals surface area contributed by atoms with E-state index in [0.717, 1.165) is 0 Å². The van der Waals surface area contributed by atoms with Crippen molar-refractivity contribution in [3.63, 3.8) is 0 Å². The van der Waals surface area contributed by atoms with Crippen molar-refractivity contribution < 1.29 is 19.1 Å². The van der Waals surface area contributed by atoms with Crippen molar-refractivity contribution in [2.45, 2.75) is 10.9 Å². The number of amides is 4. The topological polar surface area (TPSA) is 99.8 Å². The van der Waals surface area contributed by atoms with Gasteiger partial charge in [0.2, 0.25) is 5.91 Å². The fourth-order valence-corrected chi connectivity index (χ4v) is 4.24. The van der Waals surface area contributed by atoms with Crippen LogP contribution in [0.25, 0.3) is 0 Å². The largest absolute Gasteiger partial charge is 0.497 e. The minimum atomic E-state index is -0.939. The fraction of sp³-hybridized carbons (Fsp3) is 0.348. The first kappa shape index (κ1) is 23.5. The highest BCUT2D eigenvalue weighted by Gasteiger charge is 2.28. The van der Waals surface area contributed by atoms with Crippen LogP contribution < -0.4 is 20.7 Å². The number of nitrogens with one attached hydrogen (secondary N) is 3. The zero-order valence-electron chi connectivity index (χ0n) is 18.8. The van der Waals surface area contributed by atoms with Crippen molar-refractivity contribution in [3.05, 3.63) is 54.1 Å². The second-order valence-electron chi connectivity index (χ2n) is 8.28. The highest BCUT2D eigenvalue weighted by molar-refractivity contribution is 8.32. The number of urea groups is 1. The molecule has 2 aromatic rings. The Balaban J connectivity index is 1.79. The second-order valence-corrected chi connectivity index (χ2v) is 12.4. The number of carbonyl (C=O) groups is 3. The average molecular weight is 459 g/mol. The van der Waals surface area contributed by atoms with Gasteiger partial charge in [-0.3, -0.25) is 9.59 Å². The molecular weight excluding hydrogens is 428 g/mol. The Labute approximate surface area is 190 Å². The summed E-state index contributed by atoms with van der Waals surface area (Å²) in [7, 11) is 0.694. The molecule has 172 valence electrons. The number of rotatable bonds is 6. The highest BCUT2D eigenvalue weighted by atomic mass is 32.3. The molecule has 2 aromatic carbocycles. The second kappa shape index (κ2) is 9.95. The molecule has 9 heteroatoms. The van der Waals surface area contributed by atoms with E-state index in [2.05, 4.69) is 34.7 Å². The number of benzene rings is 2. The Morgan fingerprint density at radius 2 is 1.72 bits per heavy atom. The molecule has 1 saturated heterocycles. The van der Waals surface area contributed by atoms with Crippen LogP contribution in [0.1, 0.15) is 11.6 Å². The summed E-state index contributed by atoms with van der Waals surface area (Å²) >= 11 is 0. The Kier molecular flexibility index (Phi) is 7.29. The number of hydrogen-bond acceptors (Lipinski definition) is 4. The predicted molar refractivity (Wildman–Crippen MR) is 128 cm³/mol. The number of nitrogens with zero attached hydrogens (tertiary/aromatic N) is 1. The molecule has 0 aromatic heterocycles. The highest BCUT2D eigenvalue weighted by Crippen LogP contribution is 2.45. The van der Waals surface area contributed by atoms with E-state index in [-0.39, 0.29) is 18.4 Å². The van der Waals surface area contributed by atoms with Gasteiger partial charge in [-0.05, 0) is 65.6 Å². The summed E-state index contributed by atoms with van der Waals surface area (Å²) in [4.78, 5) is 40.3. The lowest BCUT2D eigenvalue weighted by atomic mass is 10.1. The molecule has 1 unspecified atom stereocenters. The first-order chi connectivity index (χ1) is 15.2. The lowest BCUT2D eigenvalue weighted by molar-refractivity contribution is -0.123. The van der Waals surface area contributed by atoms with Gasteiger partial charge in [0.15, 0.2) is 0 Å². The van der Waals surface area contributed by atoms with Gasteiger partial charge >= 0.3 is 6.03 Å². The van der Waals surface area contributed by atoms with Crippen molar-refractivity contribution in [1.82, 2.24) is 15.5 Å². The summed E-state index contributed by atoms with van der Waals surface area (Å²) in [5.41, 5.74) is 1.25. The van der Waals surface area contributed by atoms with Gasteiger partial charge < -0.3 is 25.6 Å². The zero-order valence-corrected chi connectivity index (χ0v) is 19.6. The van der Waals surface area contributed by atoms with Gasteiger partial charge in [0, 0.05) is 18.8 Å². The van der Waals surface area contributed by atoms with Crippen LogP contribution in [0.3, 0.4) is 0 Å². The van der Waals surface area contributed by atoms with Crippen molar-refractivity contribution >= 4 is 33.6 Å². The van der Waals surface area contributed by atoms with Crippen LogP contribution in [-0.2, 0) is 9.59 Å². The third kappa shape index (κ3) is 5.94. The molecule has 1 aliphatic heterocycles. The van der Waals surface area contributed by atoms with Crippen LogP contribution in [0.5, 0.6) is 5.75 Å². The van der Waals surface area contributed by atoms with Crippen LogP contribution in [-0.4, -0.2) is 68.3 Å². The predicted octanol–water partition coefficient (Wildman–Crippen LogP) is 2.57. The van der Waals surface area contributed by atoms with E-state index in [4.69, 9.17) is 4.74 Å². The van der Waals surface area contributed by atoms with Crippen molar-refractivity contribution in [2.24, 2.45) is 0 Å². The minimum absolute atomic E-state index is 0.0423. The monoisotopic (exact) mass is 458 g/mol. The first-order valence-corrected chi connectivity index (χ1v) is 13.1. The van der Waals surface area contributed by atoms with E-state index >= 15 is 0 Å². The summed E-state index contributed by atoms with van der Waals surface area (Å²) < 4.78 is 5.19. The summed E-state index contributed by atoms with van der Waals surface area (Å²) in [6.45, 7) is 0.721. The molecule has 0 aliphatic carbocycles. The van der Waals surface area contributed by atoms with E-state index in [1.807, 2.05) is 24.3 Å². The van der Waals surface area contributed by atoms with Crippen LogP contribution in [0.4, 0.5) is 10.5 Å². The summed E-state index contributed by atoms with van der Waals surface area (Å²) in [5.74, 6) is 0.0472. The summed E-state index contributed by atoms with van der Waals surface area (Å²) in [5, 5.41) is 8.35. The normalized spacial score (nSPS) is 15.4. The van der Waals surface area contributed by atoms with Gasteiger partial charge in [0.05, 0.1) is 7.11 Å². The Morgan fingerprint density at radius 1 is 1.06 bits per heavy atom. The molecule has 1 heterocycles. The van der Waals surface area contributed by atoms with E-state index in [1.54, 1.807) is 31.4 Å². The maximum atomic E-state index is 13.2. The van der Waals surface area contributed by atoms with Gasteiger partial charge in [-0.2, -0.15) is 0 Å². The molecule has 4 amide bonds. The molecule has 0 bridgehead atoms. The van der Waals surface area contributed by atoms with Crippen LogP contribution in [0.2, 0.25) is 0 Å². The number of methoxy groups -OCH3 is 1. The number of hydrogen-bond donors (Lipinski definition) is 3. The van der Waals surface area contributed by atoms with Crippen molar-refractivity contribution in [1.29, 1.82) is 0 Å². The lowest BCUT2D eigenvalue weighted by Gasteiger charge is -2.29. The number of anilines is 1. The third-order valence-electron chi connectivity index (χ3n) is 5.13. The lowest BCUT2D eigenvalue weighted by Crippen LogP contribution is -2.54. The molecule has 0 saturated carbocycles. The molecule has 1 aliphatic rings. The van der Waals surface area contributed by atoms with Gasteiger partial charge in [-0.15, -0.1) is 0 Å².